The van der Waals surface area contributed by atoms with Crippen molar-refractivity contribution in [3.05, 3.63) is 12.3 Å². The Morgan fingerprint density at radius 1 is 1.24 bits per heavy atom. The van der Waals surface area contributed by atoms with E-state index in [2.05, 4.69) is 27.5 Å². The van der Waals surface area contributed by atoms with E-state index in [1.54, 1.807) is 6.20 Å². The van der Waals surface area contributed by atoms with Gasteiger partial charge in [0.1, 0.15) is 5.82 Å². The Bertz CT molecular complexity index is 353. The molecule has 1 fully saturated rings. The largest absolute Gasteiger partial charge is 0.367 e. The molecule has 94 valence electrons. The second-order valence-corrected chi connectivity index (χ2v) is 4.97. The molecule has 0 spiro atoms. The van der Waals surface area contributed by atoms with Crippen molar-refractivity contribution in [2.75, 3.05) is 17.7 Å². The van der Waals surface area contributed by atoms with Crippen LogP contribution in [0.15, 0.2) is 12.3 Å². The molecule has 1 aromatic heterocycles. The molecule has 0 aromatic carbocycles. The molecule has 1 aromatic rings. The number of hydrogen-bond acceptors (Lipinski definition) is 4. The lowest BCUT2D eigenvalue weighted by Gasteiger charge is -2.17. The van der Waals surface area contributed by atoms with Crippen LogP contribution in [-0.4, -0.2) is 23.1 Å². The molecule has 0 saturated heterocycles. The molecule has 2 N–H and O–H groups in total. The Morgan fingerprint density at radius 3 is 2.94 bits per heavy atom. The summed E-state index contributed by atoms with van der Waals surface area (Å²) in [6.07, 6.45) is 8.30. The lowest BCUT2D eigenvalue weighted by Crippen LogP contribution is -2.19. The van der Waals surface area contributed by atoms with Crippen molar-refractivity contribution in [1.29, 1.82) is 0 Å². The number of nitrogens with zero attached hydrogens (tertiary/aromatic N) is 2. The Hall–Kier alpha value is -1.32. The maximum Gasteiger partial charge on any atom is 0.224 e. The first-order chi connectivity index (χ1) is 8.28. The van der Waals surface area contributed by atoms with E-state index in [1.165, 1.54) is 32.1 Å². The molecule has 2 unspecified atom stereocenters. The summed E-state index contributed by atoms with van der Waals surface area (Å²) in [4.78, 5) is 8.52. The van der Waals surface area contributed by atoms with Gasteiger partial charge >= 0.3 is 0 Å². The summed E-state index contributed by atoms with van der Waals surface area (Å²) in [6, 6.07) is 2.51. The third kappa shape index (κ3) is 3.58. The average molecular weight is 234 g/mol. The van der Waals surface area contributed by atoms with E-state index in [0.29, 0.717) is 12.0 Å². The van der Waals surface area contributed by atoms with Crippen molar-refractivity contribution < 1.29 is 0 Å². The average Bonchev–Trinajstić information content (AvgIpc) is 2.55. The van der Waals surface area contributed by atoms with Crippen molar-refractivity contribution in [2.45, 2.75) is 45.1 Å². The number of hydrogen-bond donors (Lipinski definition) is 2. The third-order valence-electron chi connectivity index (χ3n) is 3.49. The highest BCUT2D eigenvalue weighted by atomic mass is 15.1. The lowest BCUT2D eigenvalue weighted by atomic mass is 10.0. The highest BCUT2D eigenvalue weighted by molar-refractivity contribution is 5.39. The summed E-state index contributed by atoms with van der Waals surface area (Å²) in [5, 5.41) is 6.49. The Labute approximate surface area is 103 Å². The maximum absolute atomic E-state index is 4.40. The van der Waals surface area contributed by atoms with Gasteiger partial charge in [0.15, 0.2) is 0 Å². The Balaban J connectivity index is 1.94. The van der Waals surface area contributed by atoms with Crippen molar-refractivity contribution in [3.8, 4) is 0 Å². The Kier molecular flexibility index (Phi) is 4.18. The van der Waals surface area contributed by atoms with Gasteiger partial charge in [-0.25, -0.2) is 4.98 Å². The quantitative estimate of drug-likeness (QED) is 0.790. The van der Waals surface area contributed by atoms with E-state index in [0.717, 1.165) is 11.7 Å². The van der Waals surface area contributed by atoms with Crippen molar-refractivity contribution >= 4 is 11.8 Å². The molecular weight excluding hydrogens is 212 g/mol. The van der Waals surface area contributed by atoms with Crippen LogP contribution in [0.5, 0.6) is 0 Å². The van der Waals surface area contributed by atoms with Gasteiger partial charge < -0.3 is 10.6 Å². The van der Waals surface area contributed by atoms with E-state index in [1.807, 2.05) is 13.1 Å². The minimum atomic E-state index is 0.569. The molecule has 4 nitrogen and oxygen atoms in total. The lowest BCUT2D eigenvalue weighted by molar-refractivity contribution is 0.502. The van der Waals surface area contributed by atoms with Crippen molar-refractivity contribution in [1.82, 2.24) is 9.97 Å². The number of rotatable bonds is 3. The summed E-state index contributed by atoms with van der Waals surface area (Å²) in [6.45, 7) is 2.35. The molecule has 1 saturated carbocycles. The topological polar surface area (TPSA) is 49.8 Å². The second-order valence-electron chi connectivity index (χ2n) is 4.97. The fourth-order valence-corrected chi connectivity index (χ4v) is 2.40. The van der Waals surface area contributed by atoms with Gasteiger partial charge in [-0.2, -0.15) is 4.98 Å². The molecule has 4 heteroatoms. The van der Waals surface area contributed by atoms with Gasteiger partial charge in [-0.05, 0) is 31.2 Å². The van der Waals surface area contributed by atoms with E-state index in [-0.39, 0.29) is 0 Å². The van der Waals surface area contributed by atoms with Gasteiger partial charge in [0.25, 0.3) is 0 Å². The monoisotopic (exact) mass is 234 g/mol. The molecule has 1 heterocycles. The molecule has 0 bridgehead atoms. The summed E-state index contributed by atoms with van der Waals surface area (Å²) in [5.41, 5.74) is 0. The number of nitrogens with one attached hydrogen (secondary N) is 2. The van der Waals surface area contributed by atoms with Crippen LogP contribution in [0.25, 0.3) is 0 Å². The molecular formula is C13H22N4. The summed E-state index contributed by atoms with van der Waals surface area (Å²) in [5.74, 6) is 2.49. The van der Waals surface area contributed by atoms with Gasteiger partial charge in [-0.1, -0.05) is 19.8 Å². The minimum Gasteiger partial charge on any atom is -0.367 e. The summed E-state index contributed by atoms with van der Waals surface area (Å²) >= 11 is 0. The number of anilines is 2. The van der Waals surface area contributed by atoms with E-state index >= 15 is 0 Å². The van der Waals surface area contributed by atoms with Crippen LogP contribution in [0.2, 0.25) is 0 Å². The van der Waals surface area contributed by atoms with Crippen LogP contribution < -0.4 is 10.6 Å². The first-order valence-electron chi connectivity index (χ1n) is 6.55. The molecule has 2 rings (SSSR count). The van der Waals surface area contributed by atoms with Gasteiger partial charge in [-0.3, -0.25) is 0 Å². The summed E-state index contributed by atoms with van der Waals surface area (Å²) in [7, 11) is 1.84. The van der Waals surface area contributed by atoms with Crippen molar-refractivity contribution in [2.24, 2.45) is 5.92 Å². The van der Waals surface area contributed by atoms with Gasteiger partial charge in [0, 0.05) is 19.3 Å². The van der Waals surface area contributed by atoms with Crippen LogP contribution >= 0.6 is 0 Å². The van der Waals surface area contributed by atoms with Gasteiger partial charge in [0.05, 0.1) is 0 Å². The van der Waals surface area contributed by atoms with Crippen LogP contribution in [-0.2, 0) is 0 Å². The van der Waals surface area contributed by atoms with E-state index in [9.17, 15) is 0 Å². The Morgan fingerprint density at radius 2 is 2.12 bits per heavy atom. The highest BCUT2D eigenvalue weighted by Crippen LogP contribution is 2.24. The zero-order valence-corrected chi connectivity index (χ0v) is 10.7. The standard InChI is InChI=1S/C13H22N4/c1-10-4-3-5-11(7-6-10)16-12-8-9-15-13(14-2)17-12/h8-11H,3-7H2,1-2H3,(H2,14,15,16,17). The van der Waals surface area contributed by atoms with Crippen LogP contribution in [0, 0.1) is 5.92 Å². The normalized spacial score (nSPS) is 25.1. The number of aromatic nitrogens is 2. The van der Waals surface area contributed by atoms with Gasteiger partial charge in [-0.15, -0.1) is 0 Å². The molecule has 0 radical (unpaired) electrons. The maximum atomic E-state index is 4.40. The molecule has 1 aliphatic carbocycles. The molecule has 1 aliphatic rings. The third-order valence-corrected chi connectivity index (χ3v) is 3.49. The summed E-state index contributed by atoms with van der Waals surface area (Å²) < 4.78 is 0. The first-order valence-corrected chi connectivity index (χ1v) is 6.55. The molecule has 0 amide bonds. The fraction of sp³-hybridized carbons (Fsp3) is 0.692. The highest BCUT2D eigenvalue weighted by Gasteiger charge is 2.16. The molecule has 17 heavy (non-hydrogen) atoms. The second kappa shape index (κ2) is 5.84. The first kappa shape index (κ1) is 12.1. The van der Waals surface area contributed by atoms with E-state index < -0.39 is 0 Å². The smallest absolute Gasteiger partial charge is 0.224 e. The zero-order chi connectivity index (χ0) is 12.1. The SMILES string of the molecule is CNc1nccc(NC2CCCC(C)CC2)n1. The van der Waals surface area contributed by atoms with Crippen molar-refractivity contribution in [3.63, 3.8) is 0 Å². The fourth-order valence-electron chi connectivity index (χ4n) is 2.40. The predicted molar refractivity (Wildman–Crippen MR) is 71.2 cm³/mol. The van der Waals surface area contributed by atoms with E-state index in [4.69, 9.17) is 0 Å². The molecule has 2 atom stereocenters. The van der Waals surface area contributed by atoms with Crippen LogP contribution in [0.4, 0.5) is 11.8 Å². The van der Waals surface area contributed by atoms with Crippen LogP contribution in [0.1, 0.15) is 39.0 Å². The zero-order valence-electron chi connectivity index (χ0n) is 10.7. The molecule has 0 aliphatic heterocycles. The van der Waals surface area contributed by atoms with Crippen LogP contribution in [0.3, 0.4) is 0 Å². The minimum absolute atomic E-state index is 0.569. The predicted octanol–water partition coefficient (Wildman–Crippen LogP) is 2.90. The van der Waals surface area contributed by atoms with Gasteiger partial charge in [0.2, 0.25) is 5.95 Å².